The predicted molar refractivity (Wildman–Crippen MR) is 69.7 cm³/mol. The summed E-state index contributed by atoms with van der Waals surface area (Å²) in [5.74, 6) is 0.766. The summed E-state index contributed by atoms with van der Waals surface area (Å²) in [7, 11) is 0. The van der Waals surface area contributed by atoms with E-state index in [4.69, 9.17) is 4.74 Å². The fraction of sp³-hybridized carbons (Fsp3) is 1.00. The second-order valence-corrected chi connectivity index (χ2v) is 5.29. The summed E-state index contributed by atoms with van der Waals surface area (Å²) in [4.78, 5) is 0. The number of ether oxygens (including phenoxy) is 1. The van der Waals surface area contributed by atoms with Gasteiger partial charge < -0.3 is 10.1 Å². The van der Waals surface area contributed by atoms with Crippen molar-refractivity contribution in [1.82, 2.24) is 5.32 Å². The fourth-order valence-corrected chi connectivity index (χ4v) is 2.66. The zero-order valence-corrected chi connectivity index (χ0v) is 11.5. The zero-order valence-electron chi connectivity index (χ0n) is 11.5. The molecule has 2 nitrogen and oxygen atoms in total. The Balaban J connectivity index is 2.30. The van der Waals surface area contributed by atoms with Gasteiger partial charge in [0.2, 0.25) is 0 Å². The normalized spacial score (nSPS) is 29.2. The van der Waals surface area contributed by atoms with Crippen molar-refractivity contribution in [2.45, 2.75) is 78.0 Å². The number of nitrogens with one attached hydrogen (secondary N) is 1. The third-order valence-corrected chi connectivity index (χ3v) is 3.83. The average molecular weight is 227 g/mol. The Kier molecular flexibility index (Phi) is 6.37. The van der Waals surface area contributed by atoms with Crippen molar-refractivity contribution >= 4 is 0 Å². The van der Waals surface area contributed by atoms with Crippen molar-refractivity contribution in [1.29, 1.82) is 0 Å². The molecule has 1 saturated heterocycles. The van der Waals surface area contributed by atoms with Crippen molar-refractivity contribution in [3.05, 3.63) is 0 Å². The van der Waals surface area contributed by atoms with Gasteiger partial charge >= 0.3 is 0 Å². The maximum Gasteiger partial charge on any atom is 0.0583 e. The van der Waals surface area contributed by atoms with E-state index in [-0.39, 0.29) is 0 Å². The van der Waals surface area contributed by atoms with Crippen molar-refractivity contribution in [2.24, 2.45) is 5.92 Å². The van der Waals surface area contributed by atoms with Crippen LogP contribution in [0.4, 0.5) is 0 Å². The van der Waals surface area contributed by atoms with Crippen LogP contribution in [0.3, 0.4) is 0 Å². The number of hydrogen-bond acceptors (Lipinski definition) is 2. The molecule has 16 heavy (non-hydrogen) atoms. The Hall–Kier alpha value is -0.0800. The lowest BCUT2D eigenvalue weighted by Gasteiger charge is -2.26. The van der Waals surface area contributed by atoms with E-state index in [2.05, 4.69) is 33.0 Å². The van der Waals surface area contributed by atoms with E-state index in [0.29, 0.717) is 18.2 Å². The molecule has 0 aromatic rings. The average Bonchev–Trinajstić information content (AvgIpc) is 2.68. The first-order valence-electron chi connectivity index (χ1n) is 7.06. The first-order valence-corrected chi connectivity index (χ1v) is 7.06. The van der Waals surface area contributed by atoms with Crippen molar-refractivity contribution in [3.8, 4) is 0 Å². The van der Waals surface area contributed by atoms with Crippen LogP contribution in [0.2, 0.25) is 0 Å². The minimum atomic E-state index is 0.487. The highest BCUT2D eigenvalue weighted by molar-refractivity contribution is 4.78. The van der Waals surface area contributed by atoms with Gasteiger partial charge in [-0.1, -0.05) is 20.3 Å². The highest BCUT2D eigenvalue weighted by atomic mass is 16.5. The molecular weight excluding hydrogens is 198 g/mol. The molecule has 1 aliphatic heterocycles. The van der Waals surface area contributed by atoms with Crippen LogP contribution >= 0.6 is 0 Å². The van der Waals surface area contributed by atoms with Gasteiger partial charge in [-0.05, 0) is 52.0 Å². The van der Waals surface area contributed by atoms with Crippen LogP contribution in [0, 0.1) is 5.92 Å². The van der Waals surface area contributed by atoms with Gasteiger partial charge in [0.05, 0.1) is 12.2 Å². The van der Waals surface area contributed by atoms with Crippen LogP contribution in [0.5, 0.6) is 0 Å². The summed E-state index contributed by atoms with van der Waals surface area (Å²) in [6, 6.07) is 0.629. The molecule has 1 heterocycles. The molecule has 1 fully saturated rings. The fourth-order valence-electron chi connectivity index (χ4n) is 2.66. The van der Waals surface area contributed by atoms with E-state index in [9.17, 15) is 0 Å². The van der Waals surface area contributed by atoms with Crippen LogP contribution in [0.1, 0.15) is 59.8 Å². The molecular formula is C14H29NO. The molecule has 2 heteroatoms. The molecule has 0 aliphatic carbocycles. The van der Waals surface area contributed by atoms with Gasteiger partial charge in [-0.25, -0.2) is 0 Å². The summed E-state index contributed by atoms with van der Waals surface area (Å²) in [5, 5.41) is 3.61. The smallest absolute Gasteiger partial charge is 0.0583 e. The van der Waals surface area contributed by atoms with E-state index < -0.39 is 0 Å². The van der Waals surface area contributed by atoms with Crippen LogP contribution < -0.4 is 5.32 Å². The van der Waals surface area contributed by atoms with Crippen LogP contribution in [-0.2, 0) is 4.74 Å². The highest BCUT2D eigenvalue weighted by Crippen LogP contribution is 2.27. The molecule has 4 unspecified atom stereocenters. The SMILES string of the molecule is CCCNC(C)C(CC)CC1CCC(C)O1. The topological polar surface area (TPSA) is 21.3 Å². The van der Waals surface area contributed by atoms with E-state index >= 15 is 0 Å². The lowest BCUT2D eigenvalue weighted by molar-refractivity contribution is 0.0369. The quantitative estimate of drug-likeness (QED) is 0.720. The third-order valence-electron chi connectivity index (χ3n) is 3.83. The van der Waals surface area contributed by atoms with Gasteiger partial charge in [0.1, 0.15) is 0 Å². The molecule has 4 atom stereocenters. The van der Waals surface area contributed by atoms with Gasteiger partial charge in [-0.2, -0.15) is 0 Å². The molecule has 0 aromatic carbocycles. The van der Waals surface area contributed by atoms with E-state index in [1.807, 2.05) is 0 Å². The predicted octanol–water partition coefficient (Wildman–Crippen LogP) is 3.36. The van der Waals surface area contributed by atoms with Crippen molar-refractivity contribution in [3.63, 3.8) is 0 Å². The van der Waals surface area contributed by atoms with Crippen molar-refractivity contribution < 1.29 is 4.74 Å². The second-order valence-electron chi connectivity index (χ2n) is 5.29. The van der Waals surface area contributed by atoms with Gasteiger partial charge in [0.25, 0.3) is 0 Å². The van der Waals surface area contributed by atoms with Crippen LogP contribution in [0.15, 0.2) is 0 Å². The summed E-state index contributed by atoms with van der Waals surface area (Å²) >= 11 is 0. The molecule has 0 bridgehead atoms. The third kappa shape index (κ3) is 4.42. The lowest BCUT2D eigenvalue weighted by Crippen LogP contribution is -2.35. The first-order chi connectivity index (χ1) is 7.67. The Morgan fingerprint density at radius 2 is 2.06 bits per heavy atom. The van der Waals surface area contributed by atoms with Crippen molar-refractivity contribution in [2.75, 3.05) is 6.54 Å². The van der Waals surface area contributed by atoms with Crippen LogP contribution in [0.25, 0.3) is 0 Å². The minimum Gasteiger partial charge on any atom is -0.375 e. The number of hydrogen-bond donors (Lipinski definition) is 1. The standard InChI is InChI=1S/C14H29NO/c1-5-9-15-12(4)13(6-2)10-14-8-7-11(3)16-14/h11-15H,5-10H2,1-4H3. The van der Waals surface area contributed by atoms with Gasteiger partial charge in [0, 0.05) is 6.04 Å². The Morgan fingerprint density at radius 3 is 2.56 bits per heavy atom. The Labute approximate surface area is 101 Å². The molecule has 96 valence electrons. The molecule has 0 spiro atoms. The maximum absolute atomic E-state index is 5.92. The molecule has 0 aromatic heterocycles. The molecule has 0 amide bonds. The Bertz CT molecular complexity index is 184. The monoisotopic (exact) mass is 227 g/mol. The molecule has 1 aliphatic rings. The summed E-state index contributed by atoms with van der Waals surface area (Å²) in [6.45, 7) is 10.2. The lowest BCUT2D eigenvalue weighted by atomic mass is 9.91. The van der Waals surface area contributed by atoms with E-state index in [1.165, 1.54) is 32.1 Å². The molecule has 0 saturated carbocycles. The molecule has 0 radical (unpaired) electrons. The minimum absolute atomic E-state index is 0.487. The summed E-state index contributed by atoms with van der Waals surface area (Å²) in [6.07, 6.45) is 7.23. The van der Waals surface area contributed by atoms with Gasteiger partial charge in [-0.15, -0.1) is 0 Å². The summed E-state index contributed by atoms with van der Waals surface area (Å²) in [5.41, 5.74) is 0. The van der Waals surface area contributed by atoms with Crippen LogP contribution in [-0.4, -0.2) is 24.8 Å². The van der Waals surface area contributed by atoms with E-state index in [1.54, 1.807) is 0 Å². The summed E-state index contributed by atoms with van der Waals surface area (Å²) < 4.78 is 5.92. The maximum atomic E-state index is 5.92. The van der Waals surface area contributed by atoms with E-state index in [0.717, 1.165) is 12.5 Å². The zero-order chi connectivity index (χ0) is 12.0. The Morgan fingerprint density at radius 1 is 1.31 bits per heavy atom. The largest absolute Gasteiger partial charge is 0.375 e. The highest BCUT2D eigenvalue weighted by Gasteiger charge is 2.26. The number of rotatable bonds is 7. The first kappa shape index (κ1) is 14.0. The second kappa shape index (κ2) is 7.29. The molecule has 1 N–H and O–H groups in total. The van der Waals surface area contributed by atoms with Gasteiger partial charge in [0.15, 0.2) is 0 Å². The molecule has 1 rings (SSSR count). The van der Waals surface area contributed by atoms with Gasteiger partial charge in [-0.3, -0.25) is 0 Å².